The summed E-state index contributed by atoms with van der Waals surface area (Å²) >= 11 is 0. The van der Waals surface area contributed by atoms with Crippen LogP contribution in [-0.4, -0.2) is 27.6 Å². The molecule has 0 saturated carbocycles. The highest BCUT2D eigenvalue weighted by Gasteiger charge is 2.16. The number of rotatable bonds is 7. The third-order valence-corrected chi connectivity index (χ3v) is 5.01. The predicted molar refractivity (Wildman–Crippen MR) is 117 cm³/mol. The molecule has 7 nitrogen and oxygen atoms in total. The lowest BCUT2D eigenvalue weighted by Crippen LogP contribution is -2.32. The van der Waals surface area contributed by atoms with Crippen LogP contribution in [0.15, 0.2) is 53.3 Å². The quantitative estimate of drug-likeness (QED) is 0.631. The highest BCUT2D eigenvalue weighted by atomic mass is 16.2. The number of benzene rings is 2. The van der Waals surface area contributed by atoms with Crippen LogP contribution in [0.1, 0.15) is 53.6 Å². The van der Waals surface area contributed by atoms with Crippen molar-refractivity contribution >= 4 is 22.6 Å². The van der Waals surface area contributed by atoms with Crippen molar-refractivity contribution in [2.24, 2.45) is 0 Å². The molecule has 2 N–H and O–H groups in total. The summed E-state index contributed by atoms with van der Waals surface area (Å²) in [7, 11) is 0. The molecular formula is C23H26N4O3. The Labute approximate surface area is 175 Å². The van der Waals surface area contributed by atoms with Crippen LogP contribution in [0.5, 0.6) is 0 Å². The first-order chi connectivity index (χ1) is 14.4. The second-order valence-electron chi connectivity index (χ2n) is 7.18. The summed E-state index contributed by atoms with van der Waals surface area (Å²) in [5.74, 6) is -0.511. The van der Waals surface area contributed by atoms with Gasteiger partial charge in [-0.25, -0.2) is 4.68 Å². The highest BCUT2D eigenvalue weighted by molar-refractivity contribution is 6.04. The zero-order valence-electron chi connectivity index (χ0n) is 17.4. The number of amides is 2. The summed E-state index contributed by atoms with van der Waals surface area (Å²) in [5, 5.41) is 11.0. The molecule has 0 aliphatic heterocycles. The van der Waals surface area contributed by atoms with Crippen LogP contribution < -0.4 is 16.2 Å². The van der Waals surface area contributed by atoms with E-state index in [0.29, 0.717) is 22.9 Å². The molecule has 1 heterocycles. The standard InChI is InChI=1S/C23H26N4O3/c1-4-15(3)25-21(28)17-10-8-9-16(13-17)14-24-22(29)20-18-11-6-7-12-19(18)23(30)27(5-2)26-20/h6-13,15H,4-5,14H2,1-3H3,(H,24,29)(H,25,28). The van der Waals surface area contributed by atoms with Crippen LogP contribution in [0.2, 0.25) is 0 Å². The minimum Gasteiger partial charge on any atom is -0.350 e. The summed E-state index contributed by atoms with van der Waals surface area (Å²) < 4.78 is 1.29. The normalized spacial score (nSPS) is 11.8. The lowest BCUT2D eigenvalue weighted by molar-refractivity contribution is 0.0935. The largest absolute Gasteiger partial charge is 0.350 e. The first-order valence-electron chi connectivity index (χ1n) is 10.1. The van der Waals surface area contributed by atoms with E-state index in [4.69, 9.17) is 0 Å². The fourth-order valence-electron chi connectivity index (χ4n) is 3.11. The van der Waals surface area contributed by atoms with Crippen molar-refractivity contribution in [1.82, 2.24) is 20.4 Å². The first kappa shape index (κ1) is 21.2. The maximum Gasteiger partial charge on any atom is 0.274 e. The minimum absolute atomic E-state index is 0.0921. The van der Waals surface area contributed by atoms with Gasteiger partial charge in [-0.05, 0) is 44.0 Å². The van der Waals surface area contributed by atoms with Gasteiger partial charge in [-0.3, -0.25) is 14.4 Å². The van der Waals surface area contributed by atoms with Gasteiger partial charge in [0.05, 0.1) is 5.39 Å². The molecule has 1 aromatic heterocycles. The number of nitrogens with zero attached hydrogens (tertiary/aromatic N) is 2. The maximum atomic E-state index is 12.8. The van der Waals surface area contributed by atoms with Gasteiger partial charge in [-0.2, -0.15) is 5.10 Å². The lowest BCUT2D eigenvalue weighted by Gasteiger charge is -2.13. The minimum atomic E-state index is -0.372. The number of aryl methyl sites for hydroxylation is 1. The molecule has 3 aromatic rings. The van der Waals surface area contributed by atoms with Crippen LogP contribution in [0.25, 0.3) is 10.8 Å². The molecule has 0 radical (unpaired) electrons. The van der Waals surface area contributed by atoms with E-state index in [0.717, 1.165) is 12.0 Å². The summed E-state index contributed by atoms with van der Waals surface area (Å²) in [4.78, 5) is 37.6. The van der Waals surface area contributed by atoms with E-state index >= 15 is 0 Å². The molecule has 156 valence electrons. The van der Waals surface area contributed by atoms with Crippen LogP contribution in [0.4, 0.5) is 0 Å². The number of carbonyl (C=O) groups excluding carboxylic acids is 2. The molecule has 0 bridgehead atoms. The van der Waals surface area contributed by atoms with Gasteiger partial charge >= 0.3 is 0 Å². The molecule has 0 fully saturated rings. The molecule has 7 heteroatoms. The Hall–Kier alpha value is -3.48. The third-order valence-electron chi connectivity index (χ3n) is 5.01. The molecule has 2 aromatic carbocycles. The van der Waals surface area contributed by atoms with Crippen LogP contribution in [0, 0.1) is 0 Å². The van der Waals surface area contributed by atoms with Gasteiger partial charge in [0.1, 0.15) is 0 Å². The van der Waals surface area contributed by atoms with Gasteiger partial charge in [-0.1, -0.05) is 37.3 Å². The van der Waals surface area contributed by atoms with Gasteiger partial charge in [0, 0.05) is 30.1 Å². The number of nitrogens with one attached hydrogen (secondary N) is 2. The molecule has 0 saturated heterocycles. The SMILES string of the molecule is CCC(C)NC(=O)c1cccc(CNC(=O)c2nn(CC)c(=O)c3ccccc23)c1. The summed E-state index contributed by atoms with van der Waals surface area (Å²) in [6, 6.07) is 14.2. The van der Waals surface area contributed by atoms with Gasteiger partial charge in [0.2, 0.25) is 0 Å². The van der Waals surface area contributed by atoms with Crippen molar-refractivity contribution in [3.63, 3.8) is 0 Å². The van der Waals surface area contributed by atoms with E-state index in [-0.39, 0.29) is 35.7 Å². The smallest absolute Gasteiger partial charge is 0.274 e. The Morgan fingerprint density at radius 2 is 1.77 bits per heavy atom. The number of aromatic nitrogens is 2. The number of carbonyl (C=O) groups is 2. The van der Waals surface area contributed by atoms with E-state index in [1.54, 1.807) is 49.4 Å². The topological polar surface area (TPSA) is 93.1 Å². The van der Waals surface area contributed by atoms with Crippen LogP contribution in [-0.2, 0) is 13.1 Å². The van der Waals surface area contributed by atoms with Crippen molar-refractivity contribution in [3.05, 3.63) is 75.7 Å². The summed E-state index contributed by atoms with van der Waals surface area (Å²) in [6.45, 7) is 6.38. The third kappa shape index (κ3) is 4.56. The Kier molecular flexibility index (Phi) is 6.61. The van der Waals surface area contributed by atoms with E-state index in [9.17, 15) is 14.4 Å². The average Bonchev–Trinajstić information content (AvgIpc) is 2.78. The summed E-state index contributed by atoms with van der Waals surface area (Å²) in [5.41, 5.74) is 1.33. The first-order valence-corrected chi connectivity index (χ1v) is 10.1. The molecule has 30 heavy (non-hydrogen) atoms. The number of hydrogen-bond donors (Lipinski definition) is 2. The van der Waals surface area contributed by atoms with E-state index in [2.05, 4.69) is 15.7 Å². The fraction of sp³-hybridized carbons (Fsp3) is 0.304. The van der Waals surface area contributed by atoms with Crippen molar-refractivity contribution in [2.75, 3.05) is 0 Å². The van der Waals surface area contributed by atoms with Crippen molar-refractivity contribution in [2.45, 2.75) is 46.3 Å². The highest BCUT2D eigenvalue weighted by Crippen LogP contribution is 2.14. The van der Waals surface area contributed by atoms with Crippen LogP contribution in [0.3, 0.4) is 0 Å². The monoisotopic (exact) mass is 406 g/mol. The molecule has 1 atom stereocenters. The van der Waals surface area contributed by atoms with Gasteiger partial charge in [-0.15, -0.1) is 0 Å². The van der Waals surface area contributed by atoms with Gasteiger partial charge in [0.25, 0.3) is 17.4 Å². The Balaban J connectivity index is 1.80. The second kappa shape index (κ2) is 9.35. The number of hydrogen-bond acceptors (Lipinski definition) is 4. The Morgan fingerprint density at radius 1 is 1.03 bits per heavy atom. The maximum absolute atomic E-state index is 12.8. The second-order valence-corrected chi connectivity index (χ2v) is 7.18. The van der Waals surface area contributed by atoms with Gasteiger partial charge < -0.3 is 10.6 Å². The van der Waals surface area contributed by atoms with Crippen molar-refractivity contribution in [1.29, 1.82) is 0 Å². The molecule has 1 unspecified atom stereocenters. The van der Waals surface area contributed by atoms with Crippen molar-refractivity contribution < 1.29 is 9.59 Å². The number of fused-ring (bicyclic) bond motifs is 1. The van der Waals surface area contributed by atoms with Crippen molar-refractivity contribution in [3.8, 4) is 0 Å². The van der Waals surface area contributed by atoms with E-state index in [1.807, 2.05) is 19.9 Å². The molecule has 0 aliphatic rings. The van der Waals surface area contributed by atoms with Gasteiger partial charge in [0.15, 0.2) is 5.69 Å². The zero-order valence-corrected chi connectivity index (χ0v) is 17.4. The molecular weight excluding hydrogens is 380 g/mol. The zero-order chi connectivity index (χ0) is 21.7. The molecule has 2 amide bonds. The average molecular weight is 406 g/mol. The molecule has 0 aliphatic carbocycles. The summed E-state index contributed by atoms with van der Waals surface area (Å²) in [6.07, 6.45) is 0.850. The molecule has 3 rings (SSSR count). The Morgan fingerprint density at radius 3 is 2.47 bits per heavy atom. The Bertz CT molecular complexity index is 1140. The lowest BCUT2D eigenvalue weighted by atomic mass is 10.1. The fourth-order valence-corrected chi connectivity index (χ4v) is 3.11. The predicted octanol–water partition coefficient (Wildman–Crippen LogP) is 2.87. The van der Waals surface area contributed by atoms with E-state index in [1.165, 1.54) is 4.68 Å². The van der Waals surface area contributed by atoms with E-state index < -0.39 is 0 Å². The van der Waals surface area contributed by atoms with Crippen LogP contribution >= 0.6 is 0 Å². The molecule has 0 spiro atoms.